The van der Waals surface area contributed by atoms with Gasteiger partial charge < -0.3 is 5.32 Å². The van der Waals surface area contributed by atoms with Crippen LogP contribution >= 0.6 is 0 Å². The molecule has 1 unspecified atom stereocenters. The lowest BCUT2D eigenvalue weighted by molar-refractivity contribution is 0.490. The summed E-state index contributed by atoms with van der Waals surface area (Å²) < 4.78 is 0. The Kier molecular flexibility index (Phi) is 7.38. The fourth-order valence-corrected chi connectivity index (χ4v) is 7.49. The Bertz CT molecular complexity index is 2140. The molecule has 0 fully saturated rings. The largest absolute Gasteiger partial charge is 0.344 e. The molecule has 0 aromatic heterocycles. The number of hydrogen-bond donors (Lipinski definition) is 1. The summed E-state index contributed by atoms with van der Waals surface area (Å²) in [6.07, 6.45) is 1.95. The summed E-state index contributed by atoms with van der Waals surface area (Å²) in [5, 5.41) is 3.61. The molecule has 1 atom stereocenters. The fourth-order valence-electron chi connectivity index (χ4n) is 7.49. The van der Waals surface area contributed by atoms with E-state index in [0.717, 1.165) is 46.8 Å². The quantitative estimate of drug-likeness (QED) is 0.193. The maximum Gasteiger partial charge on any atom is 0.159 e. The highest BCUT2D eigenvalue weighted by atomic mass is 15.2. The van der Waals surface area contributed by atoms with Crippen LogP contribution in [0.4, 0.5) is 0 Å². The lowest BCUT2D eigenvalue weighted by Crippen LogP contribution is -2.33. The van der Waals surface area contributed by atoms with Gasteiger partial charge in [-0.2, -0.15) is 0 Å². The number of nitrogens with zero attached hydrogens (tertiary/aromatic N) is 2. The number of hydrogen-bond acceptors (Lipinski definition) is 3. The van der Waals surface area contributed by atoms with E-state index in [4.69, 9.17) is 9.98 Å². The Morgan fingerprint density at radius 2 is 1.06 bits per heavy atom. The lowest BCUT2D eigenvalue weighted by atomic mass is 9.73. The molecule has 1 aliphatic heterocycles. The van der Waals surface area contributed by atoms with E-state index >= 15 is 0 Å². The summed E-state index contributed by atoms with van der Waals surface area (Å²) in [6.45, 7) is 4.66. The zero-order chi connectivity index (χ0) is 31.8. The molecular weight excluding hydrogens is 571 g/mol. The molecule has 0 radical (unpaired) electrons. The number of rotatable bonds is 7. The van der Waals surface area contributed by atoms with Gasteiger partial charge in [-0.25, -0.2) is 9.98 Å². The van der Waals surface area contributed by atoms with Gasteiger partial charge in [0.15, 0.2) is 5.84 Å². The van der Waals surface area contributed by atoms with Crippen molar-refractivity contribution in [1.29, 1.82) is 0 Å². The van der Waals surface area contributed by atoms with Crippen LogP contribution in [0.3, 0.4) is 0 Å². The minimum Gasteiger partial charge on any atom is -0.344 e. The van der Waals surface area contributed by atoms with Gasteiger partial charge in [0.1, 0.15) is 12.0 Å². The van der Waals surface area contributed by atoms with Gasteiger partial charge >= 0.3 is 0 Å². The standard InChI is InChI=1S/C44H37N3/c1-3-44(4-2)39-24-12-11-23-37(39)38-26-25-35(29-40(38)44)33-20-13-19-32(27-33)34-21-14-22-36(28-34)43-46-41(30-15-7-5-8-16-30)45-42(47-43)31-17-9-6-10-18-31/h5-29,41H,3-4H2,1-2H3,(H,45,46,47). The van der Waals surface area contributed by atoms with Gasteiger partial charge in [-0.05, 0) is 81.1 Å². The number of amidine groups is 2. The summed E-state index contributed by atoms with van der Waals surface area (Å²) in [4.78, 5) is 10.0. The molecule has 0 bridgehead atoms. The molecule has 1 heterocycles. The van der Waals surface area contributed by atoms with Crippen molar-refractivity contribution in [3.63, 3.8) is 0 Å². The third kappa shape index (κ3) is 5.09. The topological polar surface area (TPSA) is 36.8 Å². The summed E-state index contributed by atoms with van der Waals surface area (Å²) in [5.74, 6) is 1.55. The third-order valence-electron chi connectivity index (χ3n) is 10.0. The van der Waals surface area contributed by atoms with E-state index in [0.29, 0.717) is 0 Å². The van der Waals surface area contributed by atoms with Gasteiger partial charge in [0.25, 0.3) is 0 Å². The van der Waals surface area contributed by atoms with E-state index in [1.165, 1.54) is 38.9 Å². The van der Waals surface area contributed by atoms with Crippen LogP contribution in [0.1, 0.15) is 60.7 Å². The molecule has 6 aromatic carbocycles. The SMILES string of the molecule is CCC1(CC)c2ccccc2-c2ccc(-c3cccc(-c4cccc(C5=NC(c6ccccc6)=NC(c6ccccc6)N5)c4)c3)cc21. The monoisotopic (exact) mass is 607 g/mol. The van der Waals surface area contributed by atoms with E-state index in [1.54, 1.807) is 0 Å². The van der Waals surface area contributed by atoms with Gasteiger partial charge in [-0.15, -0.1) is 0 Å². The highest BCUT2D eigenvalue weighted by Crippen LogP contribution is 2.53. The number of fused-ring (bicyclic) bond motifs is 3. The van der Waals surface area contributed by atoms with Crippen LogP contribution in [0.2, 0.25) is 0 Å². The zero-order valence-electron chi connectivity index (χ0n) is 26.8. The highest BCUT2D eigenvalue weighted by Gasteiger charge is 2.40. The van der Waals surface area contributed by atoms with Crippen molar-refractivity contribution in [3.05, 3.63) is 179 Å². The van der Waals surface area contributed by atoms with Crippen molar-refractivity contribution in [2.24, 2.45) is 9.98 Å². The lowest BCUT2D eigenvalue weighted by Gasteiger charge is -2.30. The molecule has 2 aliphatic rings. The first-order chi connectivity index (χ1) is 23.2. The van der Waals surface area contributed by atoms with Gasteiger partial charge in [-0.3, -0.25) is 0 Å². The number of nitrogens with one attached hydrogen (secondary N) is 1. The van der Waals surface area contributed by atoms with Crippen LogP contribution in [0.25, 0.3) is 33.4 Å². The molecule has 6 aromatic rings. The highest BCUT2D eigenvalue weighted by molar-refractivity contribution is 6.13. The smallest absolute Gasteiger partial charge is 0.159 e. The van der Waals surface area contributed by atoms with E-state index < -0.39 is 0 Å². The van der Waals surface area contributed by atoms with Crippen molar-refractivity contribution in [3.8, 4) is 33.4 Å². The number of benzene rings is 6. The second kappa shape index (κ2) is 12.0. The molecule has 228 valence electrons. The fraction of sp³-hybridized carbons (Fsp3) is 0.136. The van der Waals surface area contributed by atoms with Crippen LogP contribution in [-0.4, -0.2) is 11.7 Å². The molecule has 3 nitrogen and oxygen atoms in total. The molecular formula is C44H37N3. The molecule has 3 heteroatoms. The Morgan fingerprint density at radius 3 is 1.77 bits per heavy atom. The number of aliphatic imine (C=N–C) groups is 2. The summed E-state index contributed by atoms with van der Waals surface area (Å²) >= 11 is 0. The van der Waals surface area contributed by atoms with Gasteiger partial charge in [0, 0.05) is 16.5 Å². The van der Waals surface area contributed by atoms with Crippen molar-refractivity contribution in [2.45, 2.75) is 38.3 Å². The van der Waals surface area contributed by atoms with E-state index in [-0.39, 0.29) is 11.6 Å². The molecule has 0 spiro atoms. The van der Waals surface area contributed by atoms with E-state index in [9.17, 15) is 0 Å². The van der Waals surface area contributed by atoms with E-state index in [1.807, 2.05) is 24.3 Å². The maximum atomic E-state index is 5.03. The second-order valence-corrected chi connectivity index (χ2v) is 12.5. The molecule has 1 aliphatic carbocycles. The minimum absolute atomic E-state index is 0.0567. The zero-order valence-corrected chi connectivity index (χ0v) is 26.8. The summed E-state index contributed by atoms with van der Waals surface area (Å²) in [7, 11) is 0. The van der Waals surface area contributed by atoms with E-state index in [2.05, 4.69) is 147 Å². The van der Waals surface area contributed by atoms with Crippen molar-refractivity contribution < 1.29 is 0 Å². The second-order valence-electron chi connectivity index (χ2n) is 12.5. The molecule has 0 saturated heterocycles. The Morgan fingerprint density at radius 1 is 0.511 bits per heavy atom. The van der Waals surface area contributed by atoms with Gasteiger partial charge in [-0.1, -0.05) is 147 Å². The molecule has 0 amide bonds. The van der Waals surface area contributed by atoms with Crippen LogP contribution < -0.4 is 5.32 Å². The molecule has 1 N–H and O–H groups in total. The normalized spacial score (nSPS) is 16.0. The average molecular weight is 608 g/mol. The van der Waals surface area contributed by atoms with Crippen LogP contribution in [0.5, 0.6) is 0 Å². The van der Waals surface area contributed by atoms with Crippen LogP contribution in [-0.2, 0) is 5.41 Å². The minimum atomic E-state index is -0.227. The first-order valence-corrected chi connectivity index (χ1v) is 16.7. The Balaban J connectivity index is 1.15. The third-order valence-corrected chi connectivity index (χ3v) is 10.0. The summed E-state index contributed by atoms with van der Waals surface area (Å²) in [5.41, 5.74) is 13.7. The predicted molar refractivity (Wildman–Crippen MR) is 196 cm³/mol. The molecule has 0 saturated carbocycles. The average Bonchev–Trinajstić information content (AvgIpc) is 3.44. The van der Waals surface area contributed by atoms with Crippen LogP contribution in [0.15, 0.2) is 162 Å². The van der Waals surface area contributed by atoms with Gasteiger partial charge in [0.05, 0.1) is 0 Å². The Hall–Kier alpha value is -5.54. The first kappa shape index (κ1) is 28.9. The molecule has 47 heavy (non-hydrogen) atoms. The predicted octanol–water partition coefficient (Wildman–Crippen LogP) is 10.6. The van der Waals surface area contributed by atoms with Crippen LogP contribution in [0, 0.1) is 0 Å². The van der Waals surface area contributed by atoms with Crippen molar-refractivity contribution >= 4 is 11.7 Å². The van der Waals surface area contributed by atoms with Crippen molar-refractivity contribution in [1.82, 2.24) is 5.32 Å². The Labute approximate surface area is 277 Å². The van der Waals surface area contributed by atoms with Gasteiger partial charge in [0.2, 0.25) is 0 Å². The molecule has 8 rings (SSSR count). The maximum absolute atomic E-state index is 5.03. The first-order valence-electron chi connectivity index (χ1n) is 16.7. The van der Waals surface area contributed by atoms with Crippen molar-refractivity contribution in [2.75, 3.05) is 0 Å². The summed E-state index contributed by atoms with van der Waals surface area (Å²) in [6, 6.07) is 54.2.